The molecule has 15 heavy (non-hydrogen) atoms. The molecule has 2 nitrogen and oxygen atoms in total. The number of rotatable bonds is 6. The van der Waals surface area contributed by atoms with Crippen LogP contribution in [0.25, 0.3) is 0 Å². The molecule has 0 aromatic heterocycles. The van der Waals surface area contributed by atoms with E-state index in [0.29, 0.717) is 0 Å². The maximum absolute atomic E-state index is 3.52. The molecule has 2 unspecified atom stereocenters. The van der Waals surface area contributed by atoms with Crippen LogP contribution in [0.1, 0.15) is 27.2 Å². The van der Waals surface area contributed by atoms with E-state index >= 15 is 0 Å². The average Bonchev–Trinajstić information content (AvgIpc) is 2.29. The third-order valence-electron chi connectivity index (χ3n) is 3.43. The zero-order valence-corrected chi connectivity index (χ0v) is 11.3. The van der Waals surface area contributed by atoms with Crippen LogP contribution in [0.5, 0.6) is 0 Å². The Kier molecular flexibility index (Phi) is 6.69. The fourth-order valence-electron chi connectivity index (χ4n) is 2.20. The monoisotopic (exact) mass is 230 g/mol. The van der Waals surface area contributed by atoms with Gasteiger partial charge in [-0.25, -0.2) is 0 Å². The molecule has 0 aromatic rings. The fraction of sp³-hybridized carbons (Fsp3) is 1.00. The van der Waals surface area contributed by atoms with E-state index in [1.165, 1.54) is 44.1 Å². The molecule has 1 aliphatic rings. The molecule has 0 amide bonds. The first kappa shape index (κ1) is 13.3. The van der Waals surface area contributed by atoms with Crippen molar-refractivity contribution in [1.82, 2.24) is 10.2 Å². The van der Waals surface area contributed by atoms with E-state index in [1.807, 2.05) is 0 Å². The van der Waals surface area contributed by atoms with E-state index in [2.05, 4.69) is 42.7 Å². The molecular formula is C12H26N2S. The minimum absolute atomic E-state index is 0.765. The third kappa shape index (κ3) is 4.33. The molecule has 2 atom stereocenters. The molecule has 1 heterocycles. The summed E-state index contributed by atoms with van der Waals surface area (Å²) in [5.74, 6) is 3.37. The molecule has 0 saturated carbocycles. The predicted molar refractivity (Wildman–Crippen MR) is 70.7 cm³/mol. The Morgan fingerprint density at radius 2 is 2.27 bits per heavy atom. The highest BCUT2D eigenvalue weighted by atomic mass is 32.2. The minimum Gasteiger partial charge on any atom is -0.314 e. The molecule has 0 radical (unpaired) electrons. The molecule has 1 aliphatic heterocycles. The van der Waals surface area contributed by atoms with Crippen LogP contribution in [0.4, 0.5) is 0 Å². The van der Waals surface area contributed by atoms with Gasteiger partial charge in [-0.15, -0.1) is 0 Å². The lowest BCUT2D eigenvalue weighted by Gasteiger charge is -2.39. The van der Waals surface area contributed by atoms with Crippen molar-refractivity contribution >= 4 is 11.8 Å². The highest BCUT2D eigenvalue weighted by Crippen LogP contribution is 2.16. The molecular weight excluding hydrogens is 204 g/mol. The van der Waals surface area contributed by atoms with Gasteiger partial charge in [0.1, 0.15) is 0 Å². The van der Waals surface area contributed by atoms with Crippen LogP contribution in [0, 0.1) is 5.92 Å². The first-order valence-corrected chi connectivity index (χ1v) is 7.47. The number of piperazine rings is 1. The van der Waals surface area contributed by atoms with Crippen LogP contribution < -0.4 is 5.32 Å². The first-order chi connectivity index (χ1) is 7.29. The normalized spacial score (nSPS) is 25.4. The Hall–Kier alpha value is 0.270. The van der Waals surface area contributed by atoms with Gasteiger partial charge in [-0.05, 0) is 11.7 Å². The molecule has 1 saturated heterocycles. The van der Waals surface area contributed by atoms with Gasteiger partial charge in [-0.3, -0.25) is 4.90 Å². The highest BCUT2D eigenvalue weighted by molar-refractivity contribution is 7.99. The van der Waals surface area contributed by atoms with Gasteiger partial charge in [0, 0.05) is 38.0 Å². The third-order valence-corrected chi connectivity index (χ3v) is 4.31. The van der Waals surface area contributed by atoms with Crippen LogP contribution in [0.15, 0.2) is 0 Å². The molecule has 0 spiro atoms. The van der Waals surface area contributed by atoms with Crippen molar-refractivity contribution < 1.29 is 0 Å². The molecule has 3 heteroatoms. The van der Waals surface area contributed by atoms with Crippen LogP contribution in [-0.4, -0.2) is 48.6 Å². The summed E-state index contributed by atoms with van der Waals surface area (Å²) in [5.41, 5.74) is 0. The number of nitrogens with zero attached hydrogens (tertiary/aromatic N) is 1. The number of thioether (sulfide) groups is 1. The first-order valence-electron chi connectivity index (χ1n) is 6.32. The number of hydrogen-bond donors (Lipinski definition) is 1. The summed E-state index contributed by atoms with van der Waals surface area (Å²) in [5, 5.41) is 3.52. The SMILES string of the molecule is CCSCCN1CCNCC1C(C)CC. The largest absolute Gasteiger partial charge is 0.314 e. The van der Waals surface area contributed by atoms with Crippen molar-refractivity contribution in [3.05, 3.63) is 0 Å². The summed E-state index contributed by atoms with van der Waals surface area (Å²) in [7, 11) is 0. The molecule has 1 N–H and O–H groups in total. The molecule has 0 aromatic carbocycles. The molecule has 0 bridgehead atoms. The molecule has 1 fully saturated rings. The standard InChI is InChI=1S/C12H26N2S/c1-4-11(3)12-10-13-6-7-14(12)8-9-15-5-2/h11-13H,4-10H2,1-3H3. The fourth-order valence-corrected chi connectivity index (χ4v) is 2.86. The Morgan fingerprint density at radius 3 is 2.93 bits per heavy atom. The zero-order valence-electron chi connectivity index (χ0n) is 10.5. The van der Waals surface area contributed by atoms with Crippen LogP contribution in [-0.2, 0) is 0 Å². The Balaban J connectivity index is 2.35. The minimum atomic E-state index is 0.765. The van der Waals surface area contributed by atoms with Gasteiger partial charge in [0.05, 0.1) is 0 Å². The van der Waals surface area contributed by atoms with Gasteiger partial charge in [-0.2, -0.15) is 11.8 Å². The lowest BCUT2D eigenvalue weighted by atomic mass is 9.96. The van der Waals surface area contributed by atoms with Crippen LogP contribution in [0.2, 0.25) is 0 Å². The lowest BCUT2D eigenvalue weighted by molar-refractivity contribution is 0.124. The Bertz CT molecular complexity index is 164. The maximum atomic E-state index is 3.52. The lowest BCUT2D eigenvalue weighted by Crippen LogP contribution is -2.54. The van der Waals surface area contributed by atoms with Crippen molar-refractivity contribution in [1.29, 1.82) is 0 Å². The van der Waals surface area contributed by atoms with Gasteiger partial charge >= 0.3 is 0 Å². The average molecular weight is 230 g/mol. The van der Waals surface area contributed by atoms with E-state index < -0.39 is 0 Å². The van der Waals surface area contributed by atoms with Crippen molar-refractivity contribution in [2.24, 2.45) is 5.92 Å². The van der Waals surface area contributed by atoms with Gasteiger partial charge in [-0.1, -0.05) is 27.2 Å². The Morgan fingerprint density at radius 1 is 1.47 bits per heavy atom. The summed E-state index contributed by atoms with van der Waals surface area (Å²) in [6, 6.07) is 0.765. The molecule has 90 valence electrons. The summed E-state index contributed by atoms with van der Waals surface area (Å²) in [6.07, 6.45) is 1.30. The number of nitrogens with one attached hydrogen (secondary N) is 1. The van der Waals surface area contributed by atoms with Crippen LogP contribution in [0.3, 0.4) is 0 Å². The smallest absolute Gasteiger partial charge is 0.0246 e. The second-order valence-electron chi connectivity index (χ2n) is 4.39. The van der Waals surface area contributed by atoms with Gasteiger partial charge in [0.15, 0.2) is 0 Å². The quantitative estimate of drug-likeness (QED) is 0.703. The van der Waals surface area contributed by atoms with Crippen molar-refractivity contribution in [2.75, 3.05) is 37.7 Å². The van der Waals surface area contributed by atoms with Gasteiger partial charge < -0.3 is 5.32 Å². The Labute approximate surface area is 99.2 Å². The number of hydrogen-bond acceptors (Lipinski definition) is 3. The van der Waals surface area contributed by atoms with E-state index in [4.69, 9.17) is 0 Å². The van der Waals surface area contributed by atoms with Crippen LogP contribution >= 0.6 is 11.8 Å². The zero-order chi connectivity index (χ0) is 11.1. The topological polar surface area (TPSA) is 15.3 Å². The maximum Gasteiger partial charge on any atom is 0.0246 e. The van der Waals surface area contributed by atoms with Gasteiger partial charge in [0.2, 0.25) is 0 Å². The highest BCUT2D eigenvalue weighted by Gasteiger charge is 2.25. The molecule has 0 aliphatic carbocycles. The van der Waals surface area contributed by atoms with E-state index in [-0.39, 0.29) is 0 Å². The van der Waals surface area contributed by atoms with Gasteiger partial charge in [0.25, 0.3) is 0 Å². The van der Waals surface area contributed by atoms with E-state index in [0.717, 1.165) is 12.0 Å². The van der Waals surface area contributed by atoms with Crippen molar-refractivity contribution in [3.8, 4) is 0 Å². The summed E-state index contributed by atoms with van der Waals surface area (Å²) < 4.78 is 0. The summed E-state index contributed by atoms with van der Waals surface area (Å²) in [4.78, 5) is 2.69. The molecule has 1 rings (SSSR count). The summed E-state index contributed by atoms with van der Waals surface area (Å²) in [6.45, 7) is 11.8. The second-order valence-corrected chi connectivity index (χ2v) is 5.78. The van der Waals surface area contributed by atoms with Crippen molar-refractivity contribution in [3.63, 3.8) is 0 Å². The van der Waals surface area contributed by atoms with Crippen molar-refractivity contribution in [2.45, 2.75) is 33.2 Å². The van der Waals surface area contributed by atoms with E-state index in [9.17, 15) is 0 Å². The van der Waals surface area contributed by atoms with E-state index in [1.54, 1.807) is 0 Å². The summed E-state index contributed by atoms with van der Waals surface area (Å²) >= 11 is 2.06. The predicted octanol–water partition coefficient (Wildman–Crippen LogP) is 2.06. The second kappa shape index (κ2) is 7.53.